The van der Waals surface area contributed by atoms with Gasteiger partial charge in [-0.3, -0.25) is 0 Å². The molecule has 0 spiro atoms. The van der Waals surface area contributed by atoms with Crippen LogP contribution in [0.4, 0.5) is 0 Å². The first-order chi connectivity index (χ1) is 6.95. The van der Waals surface area contributed by atoms with Gasteiger partial charge in [0.1, 0.15) is 0 Å². The molecule has 2 rings (SSSR count). The molecule has 0 aliphatic carbocycles. The van der Waals surface area contributed by atoms with E-state index >= 15 is 0 Å². The Labute approximate surface area is 89.2 Å². The van der Waals surface area contributed by atoms with Crippen LogP contribution >= 0.6 is 11.8 Å². The van der Waals surface area contributed by atoms with Gasteiger partial charge in [-0.2, -0.15) is 0 Å². The molecule has 1 unspecified atom stereocenters. The number of ether oxygens (including phenoxy) is 1. The zero-order valence-electron chi connectivity index (χ0n) is 7.85. The van der Waals surface area contributed by atoms with E-state index in [-0.39, 0.29) is 0 Å². The van der Waals surface area contributed by atoms with Gasteiger partial charge < -0.3 is 4.74 Å². The highest BCUT2D eigenvalue weighted by Gasteiger charge is 2.10. The number of rotatable bonds is 3. The van der Waals surface area contributed by atoms with Crippen LogP contribution in [0, 0.1) is 6.61 Å². The summed E-state index contributed by atoms with van der Waals surface area (Å²) in [7, 11) is 0. The van der Waals surface area contributed by atoms with Crippen molar-refractivity contribution in [3.8, 4) is 0 Å². The van der Waals surface area contributed by atoms with E-state index in [2.05, 4.69) is 36.9 Å². The number of thioether (sulfide) groups is 1. The standard InChI is InChI=1S/C12H12OS/c1-2-4-11(5-3-1)10-14-12-6-8-13-9-7-12/h1-6,8,12H,7,10H2. The summed E-state index contributed by atoms with van der Waals surface area (Å²) >= 11 is 1.92. The van der Waals surface area contributed by atoms with E-state index in [1.807, 2.05) is 17.8 Å². The molecule has 0 saturated heterocycles. The second kappa shape index (κ2) is 5.11. The molecule has 0 N–H and O–H groups in total. The maximum atomic E-state index is 4.91. The van der Waals surface area contributed by atoms with Crippen molar-refractivity contribution < 1.29 is 4.74 Å². The predicted molar refractivity (Wildman–Crippen MR) is 59.6 cm³/mol. The lowest BCUT2D eigenvalue weighted by molar-refractivity contribution is 0.308. The first-order valence-electron chi connectivity index (χ1n) is 4.66. The van der Waals surface area contributed by atoms with Gasteiger partial charge in [-0.15, -0.1) is 11.8 Å². The van der Waals surface area contributed by atoms with Gasteiger partial charge in [0.05, 0.1) is 6.26 Å². The molecule has 1 aliphatic rings. The highest BCUT2D eigenvalue weighted by Crippen LogP contribution is 2.24. The fraction of sp³-hybridized carbons (Fsp3) is 0.250. The maximum Gasteiger partial charge on any atom is 0.196 e. The zero-order chi connectivity index (χ0) is 9.64. The van der Waals surface area contributed by atoms with Crippen molar-refractivity contribution in [1.29, 1.82) is 0 Å². The lowest BCUT2D eigenvalue weighted by Crippen LogP contribution is -2.04. The third-order valence-electron chi connectivity index (χ3n) is 2.04. The number of hydrogen-bond donors (Lipinski definition) is 0. The van der Waals surface area contributed by atoms with Crippen molar-refractivity contribution in [3.05, 3.63) is 54.8 Å². The Hall–Kier alpha value is -0.890. The van der Waals surface area contributed by atoms with Crippen LogP contribution in [0.1, 0.15) is 12.0 Å². The fourth-order valence-corrected chi connectivity index (χ4v) is 2.23. The summed E-state index contributed by atoms with van der Waals surface area (Å²) in [6, 6.07) is 10.5. The van der Waals surface area contributed by atoms with Crippen molar-refractivity contribution >= 4 is 11.8 Å². The van der Waals surface area contributed by atoms with E-state index in [1.54, 1.807) is 6.26 Å². The number of hydrogen-bond acceptors (Lipinski definition) is 2. The van der Waals surface area contributed by atoms with Crippen LogP contribution in [-0.2, 0) is 10.5 Å². The Kier molecular flexibility index (Phi) is 3.52. The van der Waals surface area contributed by atoms with E-state index in [0.717, 1.165) is 12.2 Å². The van der Waals surface area contributed by atoms with Crippen molar-refractivity contribution in [2.75, 3.05) is 0 Å². The molecule has 2 heteroatoms. The highest BCUT2D eigenvalue weighted by molar-refractivity contribution is 7.99. The fourth-order valence-electron chi connectivity index (χ4n) is 1.27. The van der Waals surface area contributed by atoms with Gasteiger partial charge in [-0.25, -0.2) is 0 Å². The van der Waals surface area contributed by atoms with Crippen LogP contribution in [0.3, 0.4) is 0 Å². The van der Waals surface area contributed by atoms with Crippen LogP contribution in [0.15, 0.2) is 42.7 Å². The van der Waals surface area contributed by atoms with E-state index < -0.39 is 0 Å². The van der Waals surface area contributed by atoms with Gasteiger partial charge in [0.25, 0.3) is 0 Å². The molecular formula is C12H12OS. The van der Waals surface area contributed by atoms with Gasteiger partial charge in [-0.05, 0) is 11.6 Å². The number of benzene rings is 1. The van der Waals surface area contributed by atoms with Gasteiger partial charge in [0, 0.05) is 17.4 Å². The zero-order valence-corrected chi connectivity index (χ0v) is 8.67. The summed E-state index contributed by atoms with van der Waals surface area (Å²) < 4.78 is 4.91. The van der Waals surface area contributed by atoms with E-state index in [4.69, 9.17) is 4.74 Å². The van der Waals surface area contributed by atoms with Gasteiger partial charge in [0.2, 0.25) is 0 Å². The molecule has 1 aromatic rings. The first-order valence-corrected chi connectivity index (χ1v) is 5.71. The topological polar surface area (TPSA) is 9.23 Å². The predicted octanol–water partition coefficient (Wildman–Crippen LogP) is 3.26. The van der Waals surface area contributed by atoms with Gasteiger partial charge in [-0.1, -0.05) is 30.3 Å². The molecule has 1 heterocycles. The summed E-state index contributed by atoms with van der Waals surface area (Å²) in [6.45, 7) is 2.86. The maximum absolute atomic E-state index is 4.91. The van der Waals surface area contributed by atoms with E-state index in [9.17, 15) is 0 Å². The van der Waals surface area contributed by atoms with Crippen LogP contribution in [0.5, 0.6) is 0 Å². The summed E-state index contributed by atoms with van der Waals surface area (Å²) in [4.78, 5) is 0. The quantitative estimate of drug-likeness (QED) is 0.747. The second-order valence-electron chi connectivity index (χ2n) is 3.13. The summed E-state index contributed by atoms with van der Waals surface area (Å²) in [5.74, 6) is 1.05. The smallest absolute Gasteiger partial charge is 0.196 e. The van der Waals surface area contributed by atoms with Crippen molar-refractivity contribution in [2.24, 2.45) is 0 Å². The normalized spacial score (nSPS) is 20.4. The molecule has 1 aliphatic heterocycles. The Balaban J connectivity index is 1.82. The largest absolute Gasteiger partial charge is 0.486 e. The molecule has 14 heavy (non-hydrogen) atoms. The van der Waals surface area contributed by atoms with Crippen molar-refractivity contribution in [2.45, 2.75) is 17.4 Å². The minimum Gasteiger partial charge on any atom is -0.486 e. The first kappa shape index (κ1) is 9.66. The van der Waals surface area contributed by atoms with Crippen molar-refractivity contribution in [3.63, 3.8) is 0 Å². The molecule has 0 amide bonds. The van der Waals surface area contributed by atoms with Crippen LogP contribution < -0.4 is 0 Å². The lowest BCUT2D eigenvalue weighted by Gasteiger charge is -2.14. The molecule has 72 valence electrons. The molecule has 2 radical (unpaired) electrons. The SMILES string of the molecule is [C]1CC(SCc2ccccc2)C=CO1. The molecule has 0 fully saturated rings. The average molecular weight is 204 g/mol. The average Bonchev–Trinajstić information content (AvgIpc) is 2.29. The Morgan fingerprint density at radius 1 is 1.36 bits per heavy atom. The molecule has 1 aromatic carbocycles. The molecule has 0 bridgehead atoms. The van der Waals surface area contributed by atoms with E-state index in [1.165, 1.54) is 5.56 Å². The molecule has 1 nitrogen and oxygen atoms in total. The monoisotopic (exact) mass is 204 g/mol. The molecule has 0 saturated carbocycles. The summed E-state index contributed by atoms with van der Waals surface area (Å²) in [5.41, 5.74) is 1.37. The third kappa shape index (κ3) is 2.81. The van der Waals surface area contributed by atoms with Crippen LogP contribution in [0.25, 0.3) is 0 Å². The van der Waals surface area contributed by atoms with Crippen LogP contribution in [-0.4, -0.2) is 5.25 Å². The van der Waals surface area contributed by atoms with Gasteiger partial charge in [0.15, 0.2) is 6.61 Å². The summed E-state index contributed by atoms with van der Waals surface area (Å²) in [6.07, 6.45) is 4.68. The molecule has 1 atom stereocenters. The molecule has 0 aromatic heterocycles. The minimum absolute atomic E-state index is 0.518. The van der Waals surface area contributed by atoms with E-state index in [0.29, 0.717) is 5.25 Å². The van der Waals surface area contributed by atoms with Crippen LogP contribution in [0.2, 0.25) is 0 Å². The molecular weight excluding hydrogens is 192 g/mol. The lowest BCUT2D eigenvalue weighted by atomic mass is 10.2. The van der Waals surface area contributed by atoms with Gasteiger partial charge >= 0.3 is 0 Å². The Morgan fingerprint density at radius 3 is 2.93 bits per heavy atom. The van der Waals surface area contributed by atoms with Crippen molar-refractivity contribution in [1.82, 2.24) is 0 Å². The second-order valence-corrected chi connectivity index (χ2v) is 4.36. The summed E-state index contributed by atoms with van der Waals surface area (Å²) in [5, 5.41) is 0.518. The third-order valence-corrected chi connectivity index (χ3v) is 3.29. The Bertz CT molecular complexity index is 294. The Morgan fingerprint density at radius 2 is 2.21 bits per heavy atom. The highest BCUT2D eigenvalue weighted by atomic mass is 32.2. The minimum atomic E-state index is 0.518.